The van der Waals surface area contributed by atoms with Gasteiger partial charge in [-0.15, -0.1) is 11.3 Å². The number of anilines is 1. The molecule has 1 aromatic heterocycles. The van der Waals surface area contributed by atoms with Crippen molar-refractivity contribution in [3.05, 3.63) is 46.2 Å². The molecule has 1 aromatic carbocycles. The summed E-state index contributed by atoms with van der Waals surface area (Å²) < 4.78 is 13.0. The van der Waals surface area contributed by atoms with Gasteiger partial charge in [0.2, 0.25) is 0 Å². The zero-order chi connectivity index (χ0) is 13.1. The molecule has 2 aromatic rings. The Hall–Kier alpha value is -1.75. The van der Waals surface area contributed by atoms with Gasteiger partial charge in [-0.05, 0) is 31.5 Å². The zero-order valence-electron chi connectivity index (χ0n) is 10.2. The van der Waals surface area contributed by atoms with E-state index in [1.54, 1.807) is 6.07 Å². The van der Waals surface area contributed by atoms with Gasteiger partial charge in [-0.25, -0.2) is 9.37 Å². The van der Waals surface area contributed by atoms with Gasteiger partial charge < -0.3 is 0 Å². The monoisotopic (exact) mass is 264 g/mol. The smallest absolute Gasteiger partial charge is 0.257 e. The van der Waals surface area contributed by atoms with E-state index in [4.69, 9.17) is 0 Å². The Morgan fingerprint density at radius 2 is 2.28 bits per heavy atom. The Morgan fingerprint density at radius 1 is 1.50 bits per heavy atom. The lowest BCUT2D eigenvalue weighted by Gasteiger charge is -2.01. The summed E-state index contributed by atoms with van der Waals surface area (Å²) in [5.74, 6) is -0.766. The van der Waals surface area contributed by atoms with Crippen molar-refractivity contribution in [3.63, 3.8) is 0 Å². The molecule has 1 amide bonds. The maximum atomic E-state index is 13.0. The first-order chi connectivity index (χ1) is 8.60. The van der Waals surface area contributed by atoms with E-state index in [-0.39, 0.29) is 5.91 Å². The lowest BCUT2D eigenvalue weighted by atomic mass is 10.2. The number of aromatic nitrogens is 1. The Bertz CT molecular complexity index is 580. The minimum atomic E-state index is -0.424. The lowest BCUT2D eigenvalue weighted by Crippen LogP contribution is -2.11. The highest BCUT2D eigenvalue weighted by Crippen LogP contribution is 2.22. The molecular formula is C13H13FN2OS. The van der Waals surface area contributed by atoms with Gasteiger partial charge in [0.1, 0.15) is 5.82 Å². The first-order valence-corrected chi connectivity index (χ1v) is 6.45. The van der Waals surface area contributed by atoms with Crippen molar-refractivity contribution in [2.45, 2.75) is 20.3 Å². The number of thiazole rings is 1. The van der Waals surface area contributed by atoms with E-state index < -0.39 is 5.82 Å². The molecule has 1 heterocycles. The Morgan fingerprint density at radius 3 is 2.89 bits per heavy atom. The molecule has 0 aliphatic carbocycles. The van der Waals surface area contributed by atoms with E-state index in [9.17, 15) is 9.18 Å². The first-order valence-electron chi connectivity index (χ1n) is 5.63. The summed E-state index contributed by atoms with van der Waals surface area (Å²) in [5.41, 5.74) is 1.27. The standard InChI is InChI=1S/C13H13FN2OS/c1-3-11-8(2)18-13(15-11)16-12(17)9-5-4-6-10(14)7-9/h4-7H,3H2,1-2H3,(H,15,16,17). The van der Waals surface area contributed by atoms with Gasteiger partial charge in [-0.1, -0.05) is 13.0 Å². The molecule has 0 spiro atoms. The quantitative estimate of drug-likeness (QED) is 0.923. The summed E-state index contributed by atoms with van der Waals surface area (Å²) in [6, 6.07) is 5.59. The number of rotatable bonds is 3. The van der Waals surface area contributed by atoms with Crippen LogP contribution in [0.15, 0.2) is 24.3 Å². The van der Waals surface area contributed by atoms with Gasteiger partial charge in [0.15, 0.2) is 5.13 Å². The first kappa shape index (κ1) is 12.7. The Labute approximate surface area is 109 Å². The molecule has 0 saturated carbocycles. The van der Waals surface area contributed by atoms with Gasteiger partial charge in [0.25, 0.3) is 5.91 Å². The number of hydrogen-bond acceptors (Lipinski definition) is 3. The summed E-state index contributed by atoms with van der Waals surface area (Å²) in [7, 11) is 0. The van der Waals surface area contributed by atoms with Crippen LogP contribution in [0.2, 0.25) is 0 Å². The molecule has 3 nitrogen and oxygen atoms in total. The molecule has 0 atom stereocenters. The third-order valence-electron chi connectivity index (χ3n) is 2.53. The van der Waals surface area contributed by atoms with Crippen LogP contribution < -0.4 is 5.32 Å². The molecule has 0 radical (unpaired) electrons. The van der Waals surface area contributed by atoms with Crippen molar-refractivity contribution >= 4 is 22.4 Å². The van der Waals surface area contributed by atoms with Gasteiger partial charge in [-0.2, -0.15) is 0 Å². The van der Waals surface area contributed by atoms with Crippen molar-refractivity contribution in [2.24, 2.45) is 0 Å². The van der Waals surface area contributed by atoms with Crippen molar-refractivity contribution in [1.82, 2.24) is 4.98 Å². The van der Waals surface area contributed by atoms with Crippen LogP contribution in [0.25, 0.3) is 0 Å². The third kappa shape index (κ3) is 2.73. The van der Waals surface area contributed by atoms with E-state index in [1.807, 2.05) is 13.8 Å². The highest BCUT2D eigenvalue weighted by molar-refractivity contribution is 7.15. The molecule has 0 saturated heterocycles. The fourth-order valence-electron chi connectivity index (χ4n) is 1.61. The minimum absolute atomic E-state index is 0.293. The molecule has 1 N–H and O–H groups in total. The molecule has 0 fully saturated rings. The van der Waals surface area contributed by atoms with Crippen LogP contribution in [0.4, 0.5) is 9.52 Å². The number of benzene rings is 1. The van der Waals surface area contributed by atoms with Crippen LogP contribution in [-0.4, -0.2) is 10.9 Å². The predicted octanol–water partition coefficient (Wildman–Crippen LogP) is 3.41. The fourth-order valence-corrected chi connectivity index (χ4v) is 2.51. The number of amides is 1. The van der Waals surface area contributed by atoms with Crippen molar-refractivity contribution in [3.8, 4) is 0 Å². The second-order valence-corrected chi connectivity index (χ2v) is 5.04. The summed E-state index contributed by atoms with van der Waals surface area (Å²) in [4.78, 5) is 17.3. The second kappa shape index (κ2) is 5.27. The molecule has 94 valence electrons. The maximum absolute atomic E-state index is 13.0. The van der Waals surface area contributed by atoms with Crippen molar-refractivity contribution < 1.29 is 9.18 Å². The topological polar surface area (TPSA) is 42.0 Å². The maximum Gasteiger partial charge on any atom is 0.257 e. The molecule has 0 bridgehead atoms. The molecule has 2 rings (SSSR count). The number of carbonyl (C=O) groups is 1. The van der Waals surface area contributed by atoms with E-state index >= 15 is 0 Å². The van der Waals surface area contributed by atoms with Gasteiger partial charge in [0.05, 0.1) is 5.69 Å². The van der Waals surface area contributed by atoms with Crippen molar-refractivity contribution in [2.75, 3.05) is 5.32 Å². The van der Waals surface area contributed by atoms with Crippen LogP contribution in [0.1, 0.15) is 27.9 Å². The molecular weight excluding hydrogens is 251 g/mol. The van der Waals surface area contributed by atoms with E-state index in [0.717, 1.165) is 17.0 Å². The molecule has 0 aliphatic heterocycles. The SMILES string of the molecule is CCc1nc(NC(=O)c2cccc(F)c2)sc1C. The predicted molar refractivity (Wildman–Crippen MR) is 70.6 cm³/mol. The zero-order valence-corrected chi connectivity index (χ0v) is 11.0. The van der Waals surface area contributed by atoms with Crippen LogP contribution in [0, 0.1) is 12.7 Å². The number of aryl methyl sites for hydroxylation is 2. The fraction of sp³-hybridized carbons (Fsp3) is 0.231. The Kier molecular flexibility index (Phi) is 3.72. The van der Waals surface area contributed by atoms with Crippen molar-refractivity contribution in [1.29, 1.82) is 0 Å². The summed E-state index contributed by atoms with van der Waals surface area (Å²) in [6.45, 7) is 3.98. The van der Waals surface area contributed by atoms with Crippen LogP contribution >= 0.6 is 11.3 Å². The summed E-state index contributed by atoms with van der Waals surface area (Å²) >= 11 is 1.43. The number of nitrogens with one attached hydrogen (secondary N) is 1. The highest BCUT2D eigenvalue weighted by atomic mass is 32.1. The number of halogens is 1. The summed E-state index contributed by atoms with van der Waals surface area (Å²) in [6.07, 6.45) is 0.832. The molecule has 5 heteroatoms. The number of nitrogens with zero attached hydrogens (tertiary/aromatic N) is 1. The highest BCUT2D eigenvalue weighted by Gasteiger charge is 2.11. The third-order valence-corrected chi connectivity index (χ3v) is 3.46. The molecule has 18 heavy (non-hydrogen) atoms. The van der Waals surface area contributed by atoms with Gasteiger partial charge in [0, 0.05) is 10.4 Å². The van der Waals surface area contributed by atoms with Crippen LogP contribution in [0.5, 0.6) is 0 Å². The second-order valence-electron chi connectivity index (χ2n) is 3.84. The van der Waals surface area contributed by atoms with Gasteiger partial charge >= 0.3 is 0 Å². The van der Waals surface area contributed by atoms with E-state index in [0.29, 0.717) is 10.7 Å². The van der Waals surface area contributed by atoms with Crippen LogP contribution in [0.3, 0.4) is 0 Å². The normalized spacial score (nSPS) is 10.4. The average Bonchev–Trinajstić information content (AvgIpc) is 2.69. The molecule has 0 unspecified atom stereocenters. The van der Waals surface area contributed by atoms with Gasteiger partial charge in [-0.3, -0.25) is 10.1 Å². The van der Waals surface area contributed by atoms with E-state index in [2.05, 4.69) is 10.3 Å². The van der Waals surface area contributed by atoms with Crippen LogP contribution in [-0.2, 0) is 6.42 Å². The minimum Gasteiger partial charge on any atom is -0.298 e. The Balaban J connectivity index is 2.16. The largest absolute Gasteiger partial charge is 0.298 e. The number of hydrogen-bond donors (Lipinski definition) is 1. The molecule has 0 aliphatic rings. The average molecular weight is 264 g/mol. The van der Waals surface area contributed by atoms with E-state index in [1.165, 1.54) is 29.5 Å². The lowest BCUT2D eigenvalue weighted by molar-refractivity contribution is 0.102. The summed E-state index contributed by atoms with van der Waals surface area (Å²) in [5, 5.41) is 3.24. The number of carbonyl (C=O) groups excluding carboxylic acids is 1.